The number of anilines is 1. The Bertz CT molecular complexity index is 601. The van der Waals surface area contributed by atoms with Gasteiger partial charge in [0.05, 0.1) is 0 Å². The van der Waals surface area contributed by atoms with Crippen LogP contribution in [0.15, 0.2) is 17.0 Å². The smallest absolute Gasteiger partial charge is 0.243 e. The van der Waals surface area contributed by atoms with E-state index in [0.29, 0.717) is 0 Å². The lowest BCUT2D eigenvalue weighted by Crippen LogP contribution is -2.32. The fourth-order valence-corrected chi connectivity index (χ4v) is 3.69. The third kappa shape index (κ3) is 2.85. The molecule has 106 valence electrons. The van der Waals surface area contributed by atoms with Crippen molar-refractivity contribution in [2.75, 3.05) is 18.5 Å². The predicted molar refractivity (Wildman–Crippen MR) is 71.4 cm³/mol. The predicted octanol–water partition coefficient (Wildman–Crippen LogP) is 1.72. The minimum Gasteiger partial charge on any atom is -0.394 e. The zero-order chi connectivity index (χ0) is 14.3. The van der Waals surface area contributed by atoms with Crippen molar-refractivity contribution in [2.45, 2.75) is 22.5 Å². The lowest BCUT2D eigenvalue weighted by atomic mass is 10.3. The number of rotatable bonds is 5. The first-order valence-electron chi connectivity index (χ1n) is 5.60. The number of nitrogens with one attached hydrogen (secondary N) is 1. The molecule has 0 radical (unpaired) electrons. The first-order chi connectivity index (χ1) is 8.81. The number of thioether (sulfide) groups is 1. The molecule has 1 saturated carbocycles. The molecule has 1 aliphatic carbocycles. The second kappa shape index (κ2) is 4.92. The molecule has 3 N–H and O–H groups in total. The molecule has 0 spiro atoms. The van der Waals surface area contributed by atoms with E-state index >= 15 is 0 Å². The molecule has 1 aromatic rings. The molecule has 19 heavy (non-hydrogen) atoms. The molecule has 1 aromatic carbocycles. The molecule has 0 unspecified atom stereocenters. The van der Waals surface area contributed by atoms with Crippen LogP contribution in [0.3, 0.4) is 0 Å². The summed E-state index contributed by atoms with van der Waals surface area (Å²) < 4.78 is 52.9. The Morgan fingerprint density at radius 3 is 2.58 bits per heavy atom. The van der Waals surface area contributed by atoms with E-state index in [9.17, 15) is 17.2 Å². The summed E-state index contributed by atoms with van der Waals surface area (Å²) in [5.41, 5.74) is 4.37. The van der Waals surface area contributed by atoms with Gasteiger partial charge in [0.1, 0.15) is 16.4 Å². The number of halogens is 2. The van der Waals surface area contributed by atoms with Gasteiger partial charge in [-0.1, -0.05) is 0 Å². The molecule has 0 atom stereocenters. The molecule has 2 rings (SSSR count). The van der Waals surface area contributed by atoms with Gasteiger partial charge in [0, 0.05) is 11.3 Å². The van der Waals surface area contributed by atoms with E-state index in [0.717, 1.165) is 25.0 Å². The number of sulfonamides is 1. The minimum absolute atomic E-state index is 0.0882. The van der Waals surface area contributed by atoms with Crippen LogP contribution in [-0.4, -0.2) is 26.0 Å². The summed E-state index contributed by atoms with van der Waals surface area (Å²) in [5.74, 6) is -2.22. The maximum absolute atomic E-state index is 13.7. The molecule has 8 heteroatoms. The van der Waals surface area contributed by atoms with E-state index in [1.807, 2.05) is 6.26 Å². The van der Waals surface area contributed by atoms with Gasteiger partial charge >= 0.3 is 0 Å². The highest BCUT2D eigenvalue weighted by molar-refractivity contribution is 8.00. The van der Waals surface area contributed by atoms with Gasteiger partial charge in [0.25, 0.3) is 0 Å². The van der Waals surface area contributed by atoms with Crippen molar-refractivity contribution < 1.29 is 17.2 Å². The van der Waals surface area contributed by atoms with Crippen molar-refractivity contribution in [2.24, 2.45) is 0 Å². The summed E-state index contributed by atoms with van der Waals surface area (Å²) in [6.07, 6.45) is 3.74. The van der Waals surface area contributed by atoms with Crippen LogP contribution in [0.5, 0.6) is 0 Å². The largest absolute Gasteiger partial charge is 0.394 e. The van der Waals surface area contributed by atoms with Gasteiger partial charge in [-0.2, -0.15) is 11.8 Å². The first kappa shape index (κ1) is 14.5. The number of nitrogens with two attached hydrogens (primary N) is 1. The summed E-state index contributed by atoms with van der Waals surface area (Å²) in [4.78, 5) is -0.622. The van der Waals surface area contributed by atoms with E-state index in [1.54, 1.807) is 11.8 Å². The Kier molecular flexibility index (Phi) is 3.76. The monoisotopic (exact) mass is 308 g/mol. The van der Waals surface area contributed by atoms with Crippen molar-refractivity contribution in [3.8, 4) is 0 Å². The average molecular weight is 308 g/mol. The van der Waals surface area contributed by atoms with Crippen LogP contribution in [0.4, 0.5) is 14.5 Å². The first-order valence-corrected chi connectivity index (χ1v) is 8.30. The fraction of sp³-hybridized carbons (Fsp3) is 0.455. The van der Waals surface area contributed by atoms with Crippen LogP contribution < -0.4 is 10.5 Å². The van der Waals surface area contributed by atoms with Crippen LogP contribution in [0, 0.1) is 11.6 Å². The van der Waals surface area contributed by atoms with Crippen molar-refractivity contribution in [3.63, 3.8) is 0 Å². The Morgan fingerprint density at radius 1 is 1.42 bits per heavy atom. The van der Waals surface area contributed by atoms with E-state index < -0.39 is 32.2 Å². The fourth-order valence-electron chi connectivity index (χ4n) is 1.65. The third-order valence-corrected chi connectivity index (χ3v) is 6.04. The summed E-state index contributed by atoms with van der Waals surface area (Å²) in [6.45, 7) is 0.229. The maximum atomic E-state index is 13.7. The quantitative estimate of drug-likeness (QED) is 0.813. The number of benzene rings is 1. The van der Waals surface area contributed by atoms with E-state index in [2.05, 4.69) is 4.72 Å². The molecule has 0 bridgehead atoms. The van der Waals surface area contributed by atoms with Gasteiger partial charge in [-0.05, 0) is 31.2 Å². The lowest BCUT2D eigenvalue weighted by Gasteiger charge is -2.14. The zero-order valence-electron chi connectivity index (χ0n) is 10.2. The molecule has 1 fully saturated rings. The number of hydrogen-bond acceptors (Lipinski definition) is 4. The SMILES string of the molecule is CSC1(CNS(=O)(=O)c2ccc(F)c(N)c2F)CC1. The highest BCUT2D eigenvalue weighted by atomic mass is 32.2. The molecule has 0 heterocycles. The van der Waals surface area contributed by atoms with E-state index in [1.165, 1.54) is 0 Å². The molecule has 0 saturated heterocycles. The van der Waals surface area contributed by atoms with Gasteiger partial charge in [-0.3, -0.25) is 0 Å². The van der Waals surface area contributed by atoms with Gasteiger partial charge < -0.3 is 5.73 Å². The summed E-state index contributed by atoms with van der Waals surface area (Å²) in [7, 11) is -4.02. The van der Waals surface area contributed by atoms with Crippen LogP contribution in [0.1, 0.15) is 12.8 Å². The lowest BCUT2D eigenvalue weighted by molar-refractivity contribution is 0.547. The average Bonchev–Trinajstić information content (AvgIpc) is 3.14. The van der Waals surface area contributed by atoms with Crippen LogP contribution in [0.2, 0.25) is 0 Å². The molecular formula is C11H14F2N2O2S2. The molecule has 0 aliphatic heterocycles. The Labute approximate surface area is 114 Å². The number of nitrogen functional groups attached to an aromatic ring is 1. The van der Waals surface area contributed by atoms with Crippen molar-refractivity contribution in [3.05, 3.63) is 23.8 Å². The van der Waals surface area contributed by atoms with Crippen LogP contribution in [0.25, 0.3) is 0 Å². The van der Waals surface area contributed by atoms with Gasteiger partial charge in [0.2, 0.25) is 10.0 Å². The maximum Gasteiger partial charge on any atom is 0.243 e. The molecule has 4 nitrogen and oxygen atoms in total. The van der Waals surface area contributed by atoms with E-state index in [4.69, 9.17) is 5.73 Å². The topological polar surface area (TPSA) is 72.2 Å². The minimum atomic E-state index is -4.02. The second-order valence-electron chi connectivity index (χ2n) is 4.48. The second-order valence-corrected chi connectivity index (χ2v) is 7.49. The molecular weight excluding hydrogens is 294 g/mol. The van der Waals surface area contributed by atoms with Gasteiger partial charge in [0.15, 0.2) is 5.82 Å². The van der Waals surface area contributed by atoms with Gasteiger partial charge in [-0.15, -0.1) is 0 Å². The Balaban J connectivity index is 2.23. The standard InChI is InChI=1S/C11H14F2N2O2S2/c1-18-11(4-5-11)6-15-19(16,17)8-3-2-7(12)10(14)9(8)13/h2-3,15H,4-6,14H2,1H3. The summed E-state index contributed by atoms with van der Waals surface area (Å²) in [5, 5.41) is 0. The molecule has 1 aliphatic rings. The molecule has 0 amide bonds. The summed E-state index contributed by atoms with van der Waals surface area (Å²) in [6, 6.07) is 1.72. The van der Waals surface area contributed by atoms with Crippen molar-refractivity contribution in [1.82, 2.24) is 4.72 Å². The molecule has 0 aromatic heterocycles. The highest BCUT2D eigenvalue weighted by Gasteiger charge is 2.42. The van der Waals surface area contributed by atoms with Crippen molar-refractivity contribution in [1.29, 1.82) is 0 Å². The zero-order valence-corrected chi connectivity index (χ0v) is 11.9. The van der Waals surface area contributed by atoms with Gasteiger partial charge in [-0.25, -0.2) is 21.9 Å². The van der Waals surface area contributed by atoms with E-state index in [-0.39, 0.29) is 11.3 Å². The van der Waals surface area contributed by atoms with Crippen molar-refractivity contribution >= 4 is 27.5 Å². The Morgan fingerprint density at radius 2 is 2.05 bits per heavy atom. The number of hydrogen-bond donors (Lipinski definition) is 2. The highest BCUT2D eigenvalue weighted by Crippen LogP contribution is 2.46. The third-order valence-electron chi connectivity index (χ3n) is 3.21. The Hall–Kier alpha value is -0.860. The van der Waals surface area contributed by atoms with Crippen LogP contribution >= 0.6 is 11.8 Å². The normalized spacial score (nSPS) is 17.4. The van der Waals surface area contributed by atoms with Crippen LogP contribution in [-0.2, 0) is 10.0 Å². The summed E-state index contributed by atoms with van der Waals surface area (Å²) >= 11 is 1.58.